The number of alkyl halides is 3. The molecule has 25 heavy (non-hydrogen) atoms. The zero-order valence-electron chi connectivity index (χ0n) is 14.7. The summed E-state index contributed by atoms with van der Waals surface area (Å²) in [7, 11) is 1.73. The van der Waals surface area contributed by atoms with Crippen LogP contribution in [-0.4, -0.2) is 43.8 Å². The molecule has 1 aliphatic heterocycles. The lowest BCUT2D eigenvalue weighted by Gasteiger charge is -2.23. The number of halogens is 4. The Morgan fingerprint density at radius 3 is 2.64 bits per heavy atom. The molecule has 1 saturated heterocycles. The smallest absolute Gasteiger partial charge is 0.422 e. The zero-order valence-corrected chi connectivity index (χ0v) is 17.0. The van der Waals surface area contributed by atoms with E-state index in [1.165, 1.54) is 6.07 Å². The summed E-state index contributed by atoms with van der Waals surface area (Å²) in [5, 5.41) is 3.26. The number of aliphatic imine (C=N–C) groups is 1. The predicted octanol–water partition coefficient (Wildman–Crippen LogP) is 4.05. The van der Waals surface area contributed by atoms with E-state index < -0.39 is 12.8 Å². The van der Waals surface area contributed by atoms with Gasteiger partial charge in [0.2, 0.25) is 0 Å². The van der Waals surface area contributed by atoms with Crippen LogP contribution in [0.1, 0.15) is 25.8 Å². The Balaban J connectivity index is 0.00000312. The van der Waals surface area contributed by atoms with Gasteiger partial charge in [-0.1, -0.05) is 26.0 Å². The first-order valence-corrected chi connectivity index (χ1v) is 7.93. The highest BCUT2D eigenvalue weighted by molar-refractivity contribution is 14.0. The molecule has 1 aromatic carbocycles. The third kappa shape index (κ3) is 7.29. The molecule has 0 aromatic heterocycles. The van der Waals surface area contributed by atoms with Crippen LogP contribution in [0, 0.1) is 5.41 Å². The number of likely N-dealkylation sites (tertiary alicyclic amines) is 1. The average Bonchev–Trinajstić information content (AvgIpc) is 2.86. The fraction of sp³-hybridized carbons (Fsp3) is 0.588. The second kappa shape index (κ2) is 8.95. The molecule has 0 radical (unpaired) electrons. The Kier molecular flexibility index (Phi) is 7.83. The molecular formula is C17H25F3IN3O. The van der Waals surface area contributed by atoms with Gasteiger partial charge in [0.25, 0.3) is 0 Å². The highest BCUT2D eigenvalue weighted by atomic mass is 127. The number of guanidine groups is 1. The molecule has 0 amide bonds. The summed E-state index contributed by atoms with van der Waals surface area (Å²) in [5.74, 6) is 1.02. The van der Waals surface area contributed by atoms with E-state index in [0.717, 1.165) is 31.0 Å². The fourth-order valence-corrected chi connectivity index (χ4v) is 2.72. The molecule has 1 fully saturated rings. The van der Waals surface area contributed by atoms with Gasteiger partial charge in [-0.05, 0) is 29.5 Å². The van der Waals surface area contributed by atoms with Crippen molar-refractivity contribution in [3.63, 3.8) is 0 Å². The molecule has 4 nitrogen and oxygen atoms in total. The molecule has 0 saturated carbocycles. The van der Waals surface area contributed by atoms with Crippen molar-refractivity contribution < 1.29 is 17.9 Å². The van der Waals surface area contributed by atoms with Gasteiger partial charge in [-0.15, -0.1) is 24.0 Å². The summed E-state index contributed by atoms with van der Waals surface area (Å²) in [6.45, 7) is 5.52. The highest BCUT2D eigenvalue weighted by Crippen LogP contribution is 2.28. The van der Waals surface area contributed by atoms with E-state index in [2.05, 4.69) is 29.1 Å². The first-order chi connectivity index (χ1) is 11.2. The van der Waals surface area contributed by atoms with Crippen LogP contribution >= 0.6 is 24.0 Å². The van der Waals surface area contributed by atoms with Gasteiger partial charge in [0.15, 0.2) is 12.6 Å². The molecular weight excluding hydrogens is 446 g/mol. The molecule has 1 aliphatic rings. The Hall–Kier alpha value is -1.19. The van der Waals surface area contributed by atoms with Gasteiger partial charge >= 0.3 is 6.18 Å². The van der Waals surface area contributed by atoms with Crippen LogP contribution in [0.2, 0.25) is 0 Å². The number of nitrogens with zero attached hydrogens (tertiary/aromatic N) is 2. The van der Waals surface area contributed by atoms with Crippen molar-refractivity contribution >= 4 is 29.9 Å². The number of rotatable bonds is 4. The standard InChI is InChI=1S/C17H24F3N3O.HI/c1-16(2)7-8-23(11-16)15(21-3)22-10-13-5-4-6-14(9-13)24-12-17(18,19)20;/h4-6,9H,7-8,10-12H2,1-3H3,(H,21,22);1H. The molecule has 2 rings (SSSR count). The summed E-state index contributed by atoms with van der Waals surface area (Å²) in [6.07, 6.45) is -3.23. The molecule has 1 heterocycles. The number of nitrogens with one attached hydrogen (secondary N) is 1. The first-order valence-electron chi connectivity index (χ1n) is 7.93. The molecule has 8 heteroatoms. The van der Waals surface area contributed by atoms with Gasteiger partial charge in [0.05, 0.1) is 0 Å². The number of hydrogen-bond acceptors (Lipinski definition) is 2. The molecule has 0 aliphatic carbocycles. The second-order valence-electron chi connectivity index (χ2n) is 6.79. The van der Waals surface area contributed by atoms with Gasteiger partial charge in [-0.25, -0.2) is 0 Å². The van der Waals surface area contributed by atoms with E-state index in [1.54, 1.807) is 19.2 Å². The minimum Gasteiger partial charge on any atom is -0.484 e. The Morgan fingerprint density at radius 1 is 1.36 bits per heavy atom. The maximum Gasteiger partial charge on any atom is 0.422 e. The minimum atomic E-state index is -4.33. The van der Waals surface area contributed by atoms with Gasteiger partial charge in [0, 0.05) is 26.7 Å². The van der Waals surface area contributed by atoms with Gasteiger partial charge < -0.3 is 15.0 Å². The number of hydrogen-bond donors (Lipinski definition) is 1. The summed E-state index contributed by atoms with van der Waals surface area (Å²) >= 11 is 0. The SMILES string of the molecule is CN=C(NCc1cccc(OCC(F)(F)F)c1)N1CCC(C)(C)C1.I. The molecule has 0 atom stereocenters. The lowest BCUT2D eigenvalue weighted by molar-refractivity contribution is -0.153. The summed E-state index contributed by atoms with van der Waals surface area (Å²) in [6, 6.07) is 6.66. The summed E-state index contributed by atoms with van der Waals surface area (Å²) < 4.78 is 41.4. The Bertz CT molecular complexity index is 591. The summed E-state index contributed by atoms with van der Waals surface area (Å²) in [4.78, 5) is 6.49. The van der Waals surface area contributed by atoms with Crippen LogP contribution in [0.5, 0.6) is 5.75 Å². The normalized spacial score (nSPS) is 17.2. The van der Waals surface area contributed by atoms with E-state index in [-0.39, 0.29) is 35.1 Å². The first kappa shape index (κ1) is 21.9. The summed E-state index contributed by atoms with van der Waals surface area (Å²) in [5.41, 5.74) is 1.11. The number of ether oxygens (including phenoxy) is 1. The van der Waals surface area contributed by atoms with Crippen molar-refractivity contribution in [1.29, 1.82) is 0 Å². The van der Waals surface area contributed by atoms with Crippen LogP contribution in [0.25, 0.3) is 0 Å². The van der Waals surface area contributed by atoms with E-state index in [4.69, 9.17) is 4.74 Å². The lowest BCUT2D eigenvalue weighted by atomic mass is 9.93. The molecule has 1 N–H and O–H groups in total. The predicted molar refractivity (Wildman–Crippen MR) is 104 cm³/mol. The monoisotopic (exact) mass is 471 g/mol. The van der Waals surface area contributed by atoms with Crippen molar-refractivity contribution in [3.05, 3.63) is 29.8 Å². The maximum absolute atomic E-state index is 12.2. The molecule has 142 valence electrons. The van der Waals surface area contributed by atoms with Gasteiger partial charge in [-0.2, -0.15) is 13.2 Å². The third-order valence-corrected chi connectivity index (χ3v) is 3.94. The zero-order chi connectivity index (χ0) is 17.8. The van der Waals surface area contributed by atoms with Crippen molar-refractivity contribution in [1.82, 2.24) is 10.2 Å². The van der Waals surface area contributed by atoms with Crippen molar-refractivity contribution in [2.24, 2.45) is 10.4 Å². The van der Waals surface area contributed by atoms with Crippen molar-refractivity contribution in [2.75, 3.05) is 26.7 Å². The van der Waals surface area contributed by atoms with Crippen LogP contribution in [0.4, 0.5) is 13.2 Å². The molecule has 0 bridgehead atoms. The van der Waals surface area contributed by atoms with Gasteiger partial charge in [-0.3, -0.25) is 4.99 Å². The van der Waals surface area contributed by atoms with Crippen molar-refractivity contribution in [2.45, 2.75) is 33.0 Å². The van der Waals surface area contributed by atoms with E-state index >= 15 is 0 Å². The molecule has 0 unspecified atom stereocenters. The van der Waals surface area contributed by atoms with Crippen LogP contribution < -0.4 is 10.1 Å². The Morgan fingerprint density at radius 2 is 2.08 bits per heavy atom. The number of benzene rings is 1. The lowest BCUT2D eigenvalue weighted by Crippen LogP contribution is -2.40. The highest BCUT2D eigenvalue weighted by Gasteiger charge is 2.31. The largest absolute Gasteiger partial charge is 0.484 e. The quantitative estimate of drug-likeness (QED) is 0.409. The van der Waals surface area contributed by atoms with Crippen LogP contribution in [-0.2, 0) is 6.54 Å². The van der Waals surface area contributed by atoms with E-state index in [1.807, 2.05) is 6.07 Å². The van der Waals surface area contributed by atoms with E-state index in [9.17, 15) is 13.2 Å². The minimum absolute atomic E-state index is 0. The molecule has 0 spiro atoms. The third-order valence-electron chi connectivity index (χ3n) is 3.94. The van der Waals surface area contributed by atoms with Crippen LogP contribution in [0.15, 0.2) is 29.3 Å². The second-order valence-corrected chi connectivity index (χ2v) is 6.79. The van der Waals surface area contributed by atoms with Crippen molar-refractivity contribution in [3.8, 4) is 5.75 Å². The fourth-order valence-electron chi connectivity index (χ4n) is 2.72. The molecule has 1 aromatic rings. The van der Waals surface area contributed by atoms with E-state index in [0.29, 0.717) is 6.54 Å². The maximum atomic E-state index is 12.2. The van der Waals surface area contributed by atoms with Crippen LogP contribution in [0.3, 0.4) is 0 Å². The topological polar surface area (TPSA) is 36.9 Å². The average molecular weight is 471 g/mol. The van der Waals surface area contributed by atoms with Gasteiger partial charge in [0.1, 0.15) is 5.75 Å². The Labute approximate surface area is 163 Å².